The van der Waals surface area contributed by atoms with Gasteiger partial charge in [0.1, 0.15) is 12.2 Å². The lowest BCUT2D eigenvalue weighted by atomic mass is 9.98. The molecule has 2 aliphatic heterocycles. The van der Waals surface area contributed by atoms with Crippen molar-refractivity contribution in [1.82, 2.24) is 9.55 Å². The maximum atomic E-state index is 13.7. The Bertz CT molecular complexity index is 1390. The van der Waals surface area contributed by atoms with Crippen molar-refractivity contribution in [3.8, 4) is 0 Å². The molecule has 0 amide bonds. The first-order valence-electron chi connectivity index (χ1n) is 13.0. The van der Waals surface area contributed by atoms with Crippen molar-refractivity contribution < 1.29 is 51.4 Å². The van der Waals surface area contributed by atoms with E-state index >= 15 is 0 Å². The molecular formula is C24H36N5O12PS. The van der Waals surface area contributed by atoms with Crippen molar-refractivity contribution >= 4 is 32.0 Å². The molecule has 3 heterocycles. The van der Waals surface area contributed by atoms with Crippen molar-refractivity contribution in [1.29, 1.82) is 0 Å². The molecule has 43 heavy (non-hydrogen) atoms. The third-order valence-corrected chi connectivity index (χ3v) is 7.58. The molecule has 1 N–H and O–H groups in total. The average Bonchev–Trinajstić information content (AvgIpc) is 3.33. The molecular weight excluding hydrogens is 613 g/mol. The predicted molar refractivity (Wildman–Crippen MR) is 148 cm³/mol. The van der Waals surface area contributed by atoms with E-state index in [2.05, 4.69) is 15.0 Å². The van der Waals surface area contributed by atoms with E-state index in [1.54, 1.807) is 55.4 Å². The fourth-order valence-corrected chi connectivity index (χ4v) is 5.03. The van der Waals surface area contributed by atoms with Gasteiger partial charge >= 0.3 is 19.8 Å². The molecule has 1 aromatic heterocycles. The fraction of sp³-hybridized carbons (Fsp3) is 0.750. The number of hydrogen-bond donors (Lipinski definition) is 1. The zero-order valence-electron chi connectivity index (χ0n) is 25.1. The van der Waals surface area contributed by atoms with Gasteiger partial charge in [-0.25, -0.2) is 13.6 Å². The number of rotatable bonds is 11. The Morgan fingerprint density at radius 2 is 1.63 bits per heavy atom. The summed E-state index contributed by atoms with van der Waals surface area (Å²) >= 11 is 5.28. The van der Waals surface area contributed by atoms with Gasteiger partial charge in [0, 0.05) is 17.2 Å². The number of carbonyl (C=O) groups excluding carboxylic acids is 2. The number of phosphoric ester groups is 1. The molecule has 1 unspecified atom stereocenters. The van der Waals surface area contributed by atoms with Crippen LogP contribution in [0.1, 0.15) is 61.6 Å². The van der Waals surface area contributed by atoms with Gasteiger partial charge in [0.15, 0.2) is 16.8 Å². The molecule has 3 rings (SSSR count). The van der Waals surface area contributed by atoms with Crippen molar-refractivity contribution in [3.05, 3.63) is 37.8 Å². The van der Waals surface area contributed by atoms with E-state index in [0.29, 0.717) is 0 Å². The maximum Gasteiger partial charge on any atom is 0.480 e. The molecule has 2 aliphatic rings. The van der Waals surface area contributed by atoms with Gasteiger partial charge in [0.2, 0.25) is 19.3 Å². The van der Waals surface area contributed by atoms with Crippen LogP contribution in [0.25, 0.3) is 10.4 Å². The molecule has 0 radical (unpaired) electrons. The SMILES string of the molecule is CC1(C)O[C@H]2C(n3ccc(=O)[nH]c3=S)O[C@@](COP(=O)(OCOC(=O)C(C)(C)C)OCOC(=O)C(C)(C)C)(N=[N+]=[N-])[C@H]2O1. The van der Waals surface area contributed by atoms with Gasteiger partial charge in [-0.2, -0.15) is 0 Å². The number of carbonyl (C=O) groups is 2. The first-order chi connectivity index (χ1) is 19.7. The number of fused-ring (bicyclic) bond motifs is 1. The second-order valence-electron chi connectivity index (χ2n) is 12.2. The van der Waals surface area contributed by atoms with Crippen LogP contribution in [-0.4, -0.2) is 65.4 Å². The second kappa shape index (κ2) is 12.8. The Labute approximate surface area is 252 Å². The van der Waals surface area contributed by atoms with Crippen LogP contribution < -0.4 is 5.56 Å². The Kier molecular flexibility index (Phi) is 10.3. The predicted octanol–water partition coefficient (Wildman–Crippen LogP) is 4.21. The van der Waals surface area contributed by atoms with Crippen LogP contribution in [0.15, 0.2) is 22.2 Å². The fourth-order valence-electron chi connectivity index (χ4n) is 3.84. The molecule has 2 saturated heterocycles. The van der Waals surface area contributed by atoms with E-state index < -0.39 is 86.3 Å². The quantitative estimate of drug-likeness (QED) is 0.0677. The number of aromatic amines is 1. The van der Waals surface area contributed by atoms with Crippen molar-refractivity contribution in [3.63, 3.8) is 0 Å². The summed E-state index contributed by atoms with van der Waals surface area (Å²) < 4.78 is 59.1. The summed E-state index contributed by atoms with van der Waals surface area (Å²) in [5, 5.41) is 3.78. The Hall–Kier alpha value is -2.66. The van der Waals surface area contributed by atoms with Crippen molar-refractivity contribution in [2.45, 2.75) is 85.3 Å². The topological polar surface area (TPSA) is 212 Å². The number of nitrogens with zero attached hydrogens (tertiary/aromatic N) is 4. The number of H-pyrrole nitrogens is 1. The van der Waals surface area contributed by atoms with E-state index in [9.17, 15) is 24.5 Å². The van der Waals surface area contributed by atoms with E-state index in [1.165, 1.54) is 16.8 Å². The summed E-state index contributed by atoms with van der Waals surface area (Å²) in [6.45, 7) is 10.3. The molecule has 240 valence electrons. The summed E-state index contributed by atoms with van der Waals surface area (Å²) in [7, 11) is -4.72. The van der Waals surface area contributed by atoms with Crippen molar-refractivity contribution in [2.24, 2.45) is 15.9 Å². The number of esters is 2. The minimum atomic E-state index is -4.72. The van der Waals surface area contributed by atoms with Gasteiger partial charge in [-0.1, -0.05) is 5.11 Å². The third kappa shape index (κ3) is 8.50. The van der Waals surface area contributed by atoms with E-state index in [-0.39, 0.29) is 4.77 Å². The maximum absolute atomic E-state index is 13.7. The van der Waals surface area contributed by atoms with Crippen LogP contribution in [0.5, 0.6) is 0 Å². The normalized spacial score (nSPS) is 25.1. The summed E-state index contributed by atoms with van der Waals surface area (Å²) in [6.07, 6.45) is -1.85. The molecule has 0 aromatic carbocycles. The Balaban J connectivity index is 1.90. The van der Waals surface area contributed by atoms with E-state index in [4.69, 9.17) is 49.5 Å². The standard InChI is InChI=1S/C24H36N5O12PS/c1-21(2,3)18(31)34-12-37-42(33,38-13-35-19(32)22(4,5)6)36-11-24(27-28-25)16-15(39-23(7,8)40-16)17(41-24)29-10-9-14(30)26-20(29)43/h9-10,15-17H,11-13H2,1-8H3,(H,26,30,43)/t15-,16+,17?,24-/m1/s1. The highest BCUT2D eigenvalue weighted by Crippen LogP contribution is 2.54. The van der Waals surface area contributed by atoms with Crippen LogP contribution in [0.3, 0.4) is 0 Å². The lowest BCUT2D eigenvalue weighted by Crippen LogP contribution is -2.45. The van der Waals surface area contributed by atoms with Gasteiger partial charge < -0.3 is 23.7 Å². The third-order valence-electron chi connectivity index (χ3n) is 5.97. The monoisotopic (exact) mass is 649 g/mol. The number of aromatic nitrogens is 2. The highest BCUT2D eigenvalue weighted by atomic mass is 32.1. The molecule has 0 aliphatic carbocycles. The minimum absolute atomic E-state index is 0.0270. The molecule has 4 atom stereocenters. The molecule has 0 saturated carbocycles. The molecule has 2 fully saturated rings. The van der Waals surface area contributed by atoms with Crippen LogP contribution in [0.2, 0.25) is 0 Å². The smallest absolute Gasteiger partial charge is 0.437 e. The lowest BCUT2D eigenvalue weighted by molar-refractivity contribution is -0.225. The van der Waals surface area contributed by atoms with Gasteiger partial charge in [-0.05, 0) is 73.1 Å². The second-order valence-corrected chi connectivity index (χ2v) is 14.2. The van der Waals surface area contributed by atoms with E-state index in [0.717, 1.165) is 0 Å². The Morgan fingerprint density at radius 1 is 1.07 bits per heavy atom. The number of ether oxygens (including phenoxy) is 5. The zero-order valence-corrected chi connectivity index (χ0v) is 26.8. The highest BCUT2D eigenvalue weighted by Gasteiger charge is 2.64. The molecule has 19 heteroatoms. The number of azide groups is 1. The van der Waals surface area contributed by atoms with Gasteiger partial charge in [0.05, 0.1) is 17.4 Å². The van der Waals surface area contributed by atoms with Crippen LogP contribution in [0.4, 0.5) is 0 Å². The summed E-state index contributed by atoms with van der Waals surface area (Å²) in [5.41, 5.74) is 5.17. The van der Waals surface area contributed by atoms with Gasteiger partial charge in [0.25, 0.3) is 5.56 Å². The van der Waals surface area contributed by atoms with Gasteiger partial charge in [-0.3, -0.25) is 28.5 Å². The zero-order chi connectivity index (χ0) is 32.4. The summed E-state index contributed by atoms with van der Waals surface area (Å²) in [5.74, 6) is -2.55. The number of phosphoric acid groups is 1. The molecule has 0 spiro atoms. The van der Waals surface area contributed by atoms with E-state index in [1.807, 2.05) is 0 Å². The lowest BCUT2D eigenvalue weighted by Gasteiger charge is -2.31. The Morgan fingerprint density at radius 3 is 2.12 bits per heavy atom. The molecule has 17 nitrogen and oxygen atoms in total. The number of hydrogen-bond acceptors (Lipinski definition) is 14. The first kappa shape index (κ1) is 34.8. The average molecular weight is 650 g/mol. The highest BCUT2D eigenvalue weighted by molar-refractivity contribution is 7.71. The largest absolute Gasteiger partial charge is 0.480 e. The van der Waals surface area contributed by atoms with Gasteiger partial charge in [-0.15, -0.1) is 0 Å². The number of nitrogens with one attached hydrogen (secondary N) is 1. The molecule has 0 bridgehead atoms. The summed E-state index contributed by atoms with van der Waals surface area (Å²) in [6, 6.07) is 1.20. The van der Waals surface area contributed by atoms with Crippen LogP contribution >= 0.6 is 20.0 Å². The van der Waals surface area contributed by atoms with Crippen molar-refractivity contribution in [2.75, 3.05) is 20.2 Å². The molecule has 1 aromatic rings. The summed E-state index contributed by atoms with van der Waals surface area (Å²) in [4.78, 5) is 41.5. The first-order valence-corrected chi connectivity index (χ1v) is 14.9. The van der Waals surface area contributed by atoms with Crippen LogP contribution in [-0.2, 0) is 51.4 Å². The minimum Gasteiger partial charge on any atom is -0.437 e. The van der Waals surface area contributed by atoms with Crippen LogP contribution in [0, 0.1) is 15.6 Å².